The van der Waals surface area contributed by atoms with Crippen molar-refractivity contribution in [2.75, 3.05) is 6.61 Å². The van der Waals surface area contributed by atoms with E-state index in [4.69, 9.17) is 4.74 Å². The van der Waals surface area contributed by atoms with E-state index in [-0.39, 0.29) is 30.3 Å². The summed E-state index contributed by atoms with van der Waals surface area (Å²) >= 11 is 0. The molecule has 0 fully saturated rings. The molecule has 0 spiro atoms. The van der Waals surface area contributed by atoms with E-state index in [1.165, 1.54) is 0 Å². The fourth-order valence-electron chi connectivity index (χ4n) is 3.48. The van der Waals surface area contributed by atoms with E-state index in [1.807, 2.05) is 50.2 Å². The van der Waals surface area contributed by atoms with E-state index in [9.17, 15) is 9.59 Å². The topological polar surface area (TPSA) is 55.4 Å². The highest BCUT2D eigenvalue weighted by Crippen LogP contribution is 2.40. The van der Waals surface area contributed by atoms with E-state index in [2.05, 4.69) is 12.2 Å². The molecule has 2 atom stereocenters. The Bertz CT molecular complexity index is 798. The lowest BCUT2D eigenvalue weighted by atomic mass is 9.97. The van der Waals surface area contributed by atoms with Crippen LogP contribution in [0.25, 0.3) is 0 Å². The normalized spacial score (nSPS) is 17.1. The van der Waals surface area contributed by atoms with Crippen molar-refractivity contribution in [3.8, 4) is 5.75 Å². The number of nitrogens with one attached hydrogen (secondary N) is 1. The second-order valence-electron chi connectivity index (χ2n) is 6.69. The molecular weight excluding hydrogens is 314 g/mol. The molecule has 2 aromatic carbocycles. The van der Waals surface area contributed by atoms with Gasteiger partial charge in [-0.05, 0) is 42.5 Å². The molecule has 0 aliphatic heterocycles. The van der Waals surface area contributed by atoms with Crippen LogP contribution in [0.2, 0.25) is 0 Å². The second-order valence-corrected chi connectivity index (χ2v) is 6.69. The van der Waals surface area contributed by atoms with Gasteiger partial charge >= 0.3 is 0 Å². The van der Waals surface area contributed by atoms with E-state index < -0.39 is 0 Å². The predicted molar refractivity (Wildman–Crippen MR) is 97.0 cm³/mol. The lowest BCUT2D eigenvalue weighted by Crippen LogP contribution is -2.31. The number of amides is 1. The molecule has 0 saturated heterocycles. The molecule has 0 radical (unpaired) electrons. The fourth-order valence-corrected chi connectivity index (χ4v) is 3.48. The third-order valence-corrected chi connectivity index (χ3v) is 4.72. The molecule has 1 amide bonds. The van der Waals surface area contributed by atoms with Gasteiger partial charge in [-0.2, -0.15) is 0 Å². The standard InChI is InChI=1S/C21H23NO3/c1-13-9-10-18(21-17(23)11-14(2)20(13)21)25-12-19(24)22-15(3)16-7-5-4-6-8-16/h4-10,14-15H,11-12H2,1-3H3,(H,22,24)/t14-,15-/m0/s1. The van der Waals surface area contributed by atoms with Gasteiger partial charge < -0.3 is 10.1 Å². The van der Waals surface area contributed by atoms with Crippen LogP contribution in [-0.4, -0.2) is 18.3 Å². The molecule has 1 aliphatic rings. The number of hydrogen-bond acceptors (Lipinski definition) is 3. The van der Waals surface area contributed by atoms with Crippen LogP contribution in [0.15, 0.2) is 42.5 Å². The summed E-state index contributed by atoms with van der Waals surface area (Å²) in [7, 11) is 0. The molecule has 0 aromatic heterocycles. The lowest BCUT2D eigenvalue weighted by molar-refractivity contribution is -0.123. The first-order valence-electron chi connectivity index (χ1n) is 8.61. The number of ketones is 1. The molecule has 1 N–H and O–H groups in total. The van der Waals surface area contributed by atoms with Gasteiger partial charge in [0.25, 0.3) is 5.91 Å². The van der Waals surface area contributed by atoms with Crippen LogP contribution in [-0.2, 0) is 4.79 Å². The monoisotopic (exact) mass is 337 g/mol. The number of benzene rings is 2. The molecule has 0 unspecified atom stereocenters. The Morgan fingerprint density at radius 3 is 2.68 bits per heavy atom. The quantitative estimate of drug-likeness (QED) is 0.899. The molecule has 3 rings (SSSR count). The van der Waals surface area contributed by atoms with Gasteiger partial charge in [-0.1, -0.05) is 43.3 Å². The number of aryl methyl sites for hydroxylation is 1. The zero-order valence-electron chi connectivity index (χ0n) is 14.8. The van der Waals surface area contributed by atoms with Crippen molar-refractivity contribution < 1.29 is 14.3 Å². The van der Waals surface area contributed by atoms with Crippen LogP contribution < -0.4 is 10.1 Å². The highest BCUT2D eigenvalue weighted by molar-refractivity contribution is 6.04. The van der Waals surface area contributed by atoms with Gasteiger partial charge in [0.05, 0.1) is 11.6 Å². The van der Waals surface area contributed by atoms with Crippen LogP contribution in [0.1, 0.15) is 59.3 Å². The van der Waals surface area contributed by atoms with Crippen LogP contribution >= 0.6 is 0 Å². The number of ether oxygens (including phenoxy) is 1. The first-order chi connectivity index (χ1) is 12.0. The van der Waals surface area contributed by atoms with Gasteiger partial charge in [0.1, 0.15) is 5.75 Å². The molecular formula is C21H23NO3. The summed E-state index contributed by atoms with van der Waals surface area (Å²) < 4.78 is 5.69. The molecule has 1 aliphatic carbocycles. The summed E-state index contributed by atoms with van der Waals surface area (Å²) in [6.07, 6.45) is 0.508. The maximum Gasteiger partial charge on any atom is 0.258 e. The Kier molecular flexibility index (Phi) is 4.88. The van der Waals surface area contributed by atoms with Crippen molar-refractivity contribution >= 4 is 11.7 Å². The molecule has 4 nitrogen and oxygen atoms in total. The summed E-state index contributed by atoms with van der Waals surface area (Å²) in [5.41, 5.74) is 3.84. The third-order valence-electron chi connectivity index (χ3n) is 4.72. The van der Waals surface area contributed by atoms with Gasteiger partial charge in [0, 0.05) is 6.42 Å². The van der Waals surface area contributed by atoms with Crippen molar-refractivity contribution in [1.82, 2.24) is 5.32 Å². The number of carbonyl (C=O) groups is 2. The van der Waals surface area contributed by atoms with Gasteiger partial charge in [0.15, 0.2) is 12.4 Å². The van der Waals surface area contributed by atoms with Gasteiger partial charge in [-0.3, -0.25) is 9.59 Å². The highest BCUT2D eigenvalue weighted by Gasteiger charge is 2.31. The zero-order valence-corrected chi connectivity index (χ0v) is 14.8. The minimum Gasteiger partial charge on any atom is -0.483 e. The van der Waals surface area contributed by atoms with E-state index in [0.717, 1.165) is 16.7 Å². The Morgan fingerprint density at radius 2 is 1.96 bits per heavy atom. The number of hydrogen-bond donors (Lipinski definition) is 1. The number of carbonyl (C=O) groups excluding carboxylic acids is 2. The highest BCUT2D eigenvalue weighted by atomic mass is 16.5. The largest absolute Gasteiger partial charge is 0.483 e. The van der Waals surface area contributed by atoms with Crippen molar-refractivity contribution in [1.29, 1.82) is 0 Å². The van der Waals surface area contributed by atoms with E-state index in [0.29, 0.717) is 17.7 Å². The minimum atomic E-state index is -0.204. The summed E-state index contributed by atoms with van der Waals surface area (Å²) in [5, 5.41) is 2.92. The Balaban J connectivity index is 1.67. The summed E-state index contributed by atoms with van der Waals surface area (Å²) in [5.74, 6) is 0.610. The van der Waals surface area contributed by atoms with Crippen molar-refractivity contribution in [2.24, 2.45) is 0 Å². The maximum atomic E-state index is 12.3. The van der Waals surface area contributed by atoms with Crippen LogP contribution in [0.5, 0.6) is 5.75 Å². The number of Topliss-reactive ketones (excluding diaryl/α,β-unsaturated/α-hetero) is 1. The van der Waals surface area contributed by atoms with Crippen LogP contribution in [0, 0.1) is 6.92 Å². The Morgan fingerprint density at radius 1 is 1.24 bits per heavy atom. The molecule has 130 valence electrons. The molecule has 0 heterocycles. The van der Waals surface area contributed by atoms with Gasteiger partial charge in [-0.15, -0.1) is 0 Å². The summed E-state index contributed by atoms with van der Waals surface area (Å²) in [4.78, 5) is 24.5. The third kappa shape index (κ3) is 3.58. The second kappa shape index (κ2) is 7.09. The Hall–Kier alpha value is -2.62. The van der Waals surface area contributed by atoms with Crippen LogP contribution in [0.4, 0.5) is 0 Å². The van der Waals surface area contributed by atoms with E-state index in [1.54, 1.807) is 6.07 Å². The van der Waals surface area contributed by atoms with Crippen molar-refractivity contribution in [2.45, 2.75) is 39.2 Å². The van der Waals surface area contributed by atoms with Gasteiger partial charge in [0.2, 0.25) is 0 Å². The SMILES string of the molecule is Cc1ccc(OCC(=O)N[C@@H](C)c2ccccc2)c2c1[C@@H](C)CC2=O. The first-order valence-corrected chi connectivity index (χ1v) is 8.61. The average molecular weight is 337 g/mol. The lowest BCUT2D eigenvalue weighted by Gasteiger charge is -2.16. The maximum absolute atomic E-state index is 12.3. The predicted octanol–water partition coefficient (Wildman–Crippen LogP) is 3.94. The van der Waals surface area contributed by atoms with Crippen molar-refractivity contribution in [3.05, 3.63) is 64.7 Å². The van der Waals surface area contributed by atoms with Gasteiger partial charge in [-0.25, -0.2) is 0 Å². The number of fused-ring (bicyclic) bond motifs is 1. The Labute approximate surface area is 148 Å². The van der Waals surface area contributed by atoms with Crippen molar-refractivity contribution in [3.63, 3.8) is 0 Å². The zero-order chi connectivity index (χ0) is 18.0. The summed E-state index contributed by atoms with van der Waals surface area (Å²) in [6.45, 7) is 5.89. The average Bonchev–Trinajstić information content (AvgIpc) is 2.90. The molecule has 0 saturated carbocycles. The minimum absolute atomic E-state index is 0.0947. The fraction of sp³-hybridized carbons (Fsp3) is 0.333. The number of rotatable bonds is 5. The molecule has 0 bridgehead atoms. The van der Waals surface area contributed by atoms with Crippen LogP contribution in [0.3, 0.4) is 0 Å². The first kappa shape index (κ1) is 17.2. The molecule has 4 heteroatoms. The molecule has 2 aromatic rings. The van der Waals surface area contributed by atoms with E-state index >= 15 is 0 Å². The summed E-state index contributed by atoms with van der Waals surface area (Å²) in [6, 6.07) is 13.4. The smallest absolute Gasteiger partial charge is 0.258 e. The molecule has 25 heavy (non-hydrogen) atoms.